The first-order valence-electron chi connectivity index (χ1n) is 6.78. The van der Waals surface area contributed by atoms with Crippen molar-refractivity contribution in [1.29, 1.82) is 0 Å². The lowest BCUT2D eigenvalue weighted by Gasteiger charge is -2.38. The summed E-state index contributed by atoms with van der Waals surface area (Å²) < 4.78 is 5.19. The molecule has 0 amide bonds. The molecule has 0 aromatic heterocycles. The molecule has 1 fully saturated rings. The first-order valence-corrected chi connectivity index (χ1v) is 6.78. The van der Waals surface area contributed by atoms with Crippen molar-refractivity contribution in [2.75, 3.05) is 26.7 Å². The molecule has 1 N–H and O–H groups in total. The number of nitrogens with one attached hydrogen (secondary N) is 1. The summed E-state index contributed by atoms with van der Waals surface area (Å²) in [7, 11) is 1.71. The number of piperazine rings is 1. The van der Waals surface area contributed by atoms with Gasteiger partial charge in [-0.05, 0) is 23.6 Å². The van der Waals surface area contributed by atoms with Crippen LogP contribution in [0.15, 0.2) is 24.3 Å². The topological polar surface area (TPSA) is 24.5 Å². The predicted molar refractivity (Wildman–Crippen MR) is 74.9 cm³/mol. The molecule has 0 bridgehead atoms. The van der Waals surface area contributed by atoms with Crippen LogP contribution < -0.4 is 10.1 Å². The average molecular weight is 248 g/mol. The SMILES string of the molecule is COc1ccc(CN2CCNCC2C(C)C)cc1. The van der Waals surface area contributed by atoms with Crippen molar-refractivity contribution in [3.63, 3.8) is 0 Å². The lowest BCUT2D eigenvalue weighted by molar-refractivity contribution is 0.117. The van der Waals surface area contributed by atoms with Crippen LogP contribution in [0.2, 0.25) is 0 Å². The third-order valence-corrected chi connectivity index (χ3v) is 3.71. The zero-order valence-corrected chi connectivity index (χ0v) is 11.6. The zero-order valence-electron chi connectivity index (χ0n) is 11.6. The highest BCUT2D eigenvalue weighted by atomic mass is 16.5. The Kier molecular flexibility index (Phi) is 4.61. The van der Waals surface area contributed by atoms with E-state index in [0.717, 1.165) is 31.9 Å². The maximum Gasteiger partial charge on any atom is 0.118 e. The van der Waals surface area contributed by atoms with Gasteiger partial charge in [0.15, 0.2) is 0 Å². The van der Waals surface area contributed by atoms with E-state index in [1.54, 1.807) is 7.11 Å². The summed E-state index contributed by atoms with van der Waals surface area (Å²) in [6.07, 6.45) is 0. The fourth-order valence-electron chi connectivity index (χ4n) is 2.59. The Morgan fingerprint density at radius 3 is 2.67 bits per heavy atom. The van der Waals surface area contributed by atoms with Crippen molar-refractivity contribution in [2.24, 2.45) is 5.92 Å². The summed E-state index contributed by atoms with van der Waals surface area (Å²) in [5.74, 6) is 1.62. The Balaban J connectivity index is 2.01. The van der Waals surface area contributed by atoms with Gasteiger partial charge in [0.2, 0.25) is 0 Å². The van der Waals surface area contributed by atoms with Crippen LogP contribution in [0.1, 0.15) is 19.4 Å². The van der Waals surface area contributed by atoms with Crippen molar-refractivity contribution in [3.05, 3.63) is 29.8 Å². The van der Waals surface area contributed by atoms with Crippen LogP contribution >= 0.6 is 0 Å². The van der Waals surface area contributed by atoms with Gasteiger partial charge in [-0.1, -0.05) is 26.0 Å². The normalized spacial score (nSPS) is 21.2. The second kappa shape index (κ2) is 6.21. The minimum atomic E-state index is 0.640. The van der Waals surface area contributed by atoms with E-state index in [1.165, 1.54) is 5.56 Å². The van der Waals surface area contributed by atoms with Crippen LogP contribution in [0.25, 0.3) is 0 Å². The largest absolute Gasteiger partial charge is 0.497 e. The molecule has 3 nitrogen and oxygen atoms in total. The molecule has 1 aromatic rings. The molecule has 0 saturated carbocycles. The minimum absolute atomic E-state index is 0.640. The summed E-state index contributed by atoms with van der Waals surface area (Å²) in [5.41, 5.74) is 1.36. The molecule has 100 valence electrons. The Morgan fingerprint density at radius 2 is 2.06 bits per heavy atom. The molecule has 0 aliphatic carbocycles. The number of hydrogen-bond acceptors (Lipinski definition) is 3. The van der Waals surface area contributed by atoms with Crippen LogP contribution in [0.3, 0.4) is 0 Å². The van der Waals surface area contributed by atoms with Crippen LogP contribution in [-0.2, 0) is 6.54 Å². The molecule has 0 radical (unpaired) electrons. The Hall–Kier alpha value is -1.06. The lowest BCUT2D eigenvalue weighted by Crippen LogP contribution is -2.52. The molecular weight excluding hydrogens is 224 g/mol. The highest BCUT2D eigenvalue weighted by molar-refractivity contribution is 5.27. The summed E-state index contributed by atoms with van der Waals surface area (Å²) in [4.78, 5) is 2.59. The van der Waals surface area contributed by atoms with Gasteiger partial charge in [-0.3, -0.25) is 4.90 Å². The van der Waals surface area contributed by atoms with Crippen LogP contribution in [0.5, 0.6) is 5.75 Å². The van der Waals surface area contributed by atoms with Gasteiger partial charge >= 0.3 is 0 Å². The second-order valence-corrected chi connectivity index (χ2v) is 5.33. The van der Waals surface area contributed by atoms with Gasteiger partial charge in [0.25, 0.3) is 0 Å². The average Bonchev–Trinajstić information content (AvgIpc) is 2.40. The number of ether oxygens (including phenoxy) is 1. The molecule has 1 heterocycles. The molecule has 1 unspecified atom stereocenters. The van der Waals surface area contributed by atoms with Gasteiger partial charge in [-0.2, -0.15) is 0 Å². The molecule has 1 saturated heterocycles. The third-order valence-electron chi connectivity index (χ3n) is 3.71. The zero-order chi connectivity index (χ0) is 13.0. The quantitative estimate of drug-likeness (QED) is 0.883. The fourth-order valence-corrected chi connectivity index (χ4v) is 2.59. The van der Waals surface area contributed by atoms with Crippen LogP contribution in [0, 0.1) is 5.92 Å². The molecule has 1 aliphatic rings. The summed E-state index contributed by atoms with van der Waals surface area (Å²) in [5, 5.41) is 3.49. The maximum atomic E-state index is 5.19. The second-order valence-electron chi connectivity index (χ2n) is 5.33. The van der Waals surface area contributed by atoms with Crippen molar-refractivity contribution in [2.45, 2.75) is 26.4 Å². The third kappa shape index (κ3) is 3.24. The molecule has 3 heteroatoms. The van der Waals surface area contributed by atoms with E-state index >= 15 is 0 Å². The van der Waals surface area contributed by atoms with Gasteiger partial charge < -0.3 is 10.1 Å². The molecule has 18 heavy (non-hydrogen) atoms. The molecular formula is C15H24N2O. The molecule has 1 aromatic carbocycles. The predicted octanol–water partition coefficient (Wildman–Crippen LogP) is 2.12. The van der Waals surface area contributed by atoms with Gasteiger partial charge in [0.1, 0.15) is 5.75 Å². The first-order chi connectivity index (χ1) is 8.70. The van der Waals surface area contributed by atoms with E-state index in [-0.39, 0.29) is 0 Å². The Bertz CT molecular complexity index is 361. The van der Waals surface area contributed by atoms with Crippen molar-refractivity contribution >= 4 is 0 Å². The highest BCUT2D eigenvalue weighted by Crippen LogP contribution is 2.18. The summed E-state index contributed by atoms with van der Waals surface area (Å²) in [6.45, 7) is 8.98. The summed E-state index contributed by atoms with van der Waals surface area (Å²) >= 11 is 0. The highest BCUT2D eigenvalue weighted by Gasteiger charge is 2.24. The molecule has 2 rings (SSSR count). The van der Waals surface area contributed by atoms with E-state index in [9.17, 15) is 0 Å². The lowest BCUT2D eigenvalue weighted by atomic mass is 10.00. The minimum Gasteiger partial charge on any atom is -0.497 e. The Morgan fingerprint density at radius 1 is 1.33 bits per heavy atom. The van der Waals surface area contributed by atoms with E-state index in [1.807, 2.05) is 12.1 Å². The maximum absolute atomic E-state index is 5.19. The van der Waals surface area contributed by atoms with Crippen molar-refractivity contribution in [1.82, 2.24) is 10.2 Å². The van der Waals surface area contributed by atoms with Crippen LogP contribution in [-0.4, -0.2) is 37.7 Å². The number of nitrogens with zero attached hydrogens (tertiary/aromatic N) is 1. The van der Waals surface area contributed by atoms with E-state index in [2.05, 4.69) is 36.2 Å². The van der Waals surface area contributed by atoms with Crippen molar-refractivity contribution < 1.29 is 4.74 Å². The van der Waals surface area contributed by atoms with E-state index < -0.39 is 0 Å². The van der Waals surface area contributed by atoms with E-state index in [4.69, 9.17) is 4.74 Å². The fraction of sp³-hybridized carbons (Fsp3) is 0.600. The van der Waals surface area contributed by atoms with Gasteiger partial charge in [-0.25, -0.2) is 0 Å². The van der Waals surface area contributed by atoms with Crippen molar-refractivity contribution in [3.8, 4) is 5.75 Å². The van der Waals surface area contributed by atoms with Gasteiger partial charge in [-0.15, -0.1) is 0 Å². The Labute approximate surface area is 110 Å². The van der Waals surface area contributed by atoms with Gasteiger partial charge in [0.05, 0.1) is 7.11 Å². The molecule has 1 aliphatic heterocycles. The van der Waals surface area contributed by atoms with Gasteiger partial charge in [0, 0.05) is 32.2 Å². The number of benzene rings is 1. The molecule has 1 atom stereocenters. The molecule has 0 spiro atoms. The number of rotatable bonds is 4. The first kappa shape index (κ1) is 13.4. The standard InChI is InChI=1S/C15H24N2O/c1-12(2)15-10-16-8-9-17(15)11-13-4-6-14(18-3)7-5-13/h4-7,12,15-16H,8-11H2,1-3H3. The van der Waals surface area contributed by atoms with E-state index in [0.29, 0.717) is 12.0 Å². The number of methoxy groups -OCH3 is 1. The summed E-state index contributed by atoms with van der Waals surface area (Å²) in [6, 6.07) is 9.06. The monoisotopic (exact) mass is 248 g/mol. The smallest absolute Gasteiger partial charge is 0.118 e. The van der Waals surface area contributed by atoms with Crippen LogP contribution in [0.4, 0.5) is 0 Å². The number of hydrogen-bond donors (Lipinski definition) is 1.